The van der Waals surface area contributed by atoms with Crippen molar-refractivity contribution in [3.8, 4) is 5.75 Å². The molecule has 1 heterocycles. The highest BCUT2D eigenvalue weighted by molar-refractivity contribution is 5.93. The first-order valence-electron chi connectivity index (χ1n) is 9.18. The Morgan fingerprint density at radius 2 is 1.96 bits per heavy atom. The van der Waals surface area contributed by atoms with Gasteiger partial charge in [-0.1, -0.05) is 30.3 Å². The van der Waals surface area contributed by atoms with E-state index >= 15 is 0 Å². The molecule has 1 aliphatic rings. The van der Waals surface area contributed by atoms with Gasteiger partial charge in [0.15, 0.2) is 0 Å². The lowest BCUT2D eigenvalue weighted by Crippen LogP contribution is -2.26. The van der Waals surface area contributed by atoms with E-state index < -0.39 is 5.97 Å². The molecule has 0 aromatic heterocycles. The van der Waals surface area contributed by atoms with Crippen molar-refractivity contribution in [2.24, 2.45) is 0 Å². The van der Waals surface area contributed by atoms with Gasteiger partial charge in [0.05, 0.1) is 0 Å². The summed E-state index contributed by atoms with van der Waals surface area (Å²) in [6, 6.07) is 12.4. The molecule has 3 rings (SSSR count). The average Bonchev–Trinajstić information content (AvgIpc) is 3.00. The van der Waals surface area contributed by atoms with Crippen LogP contribution in [0.5, 0.6) is 5.75 Å². The SMILES string of the molecule is CN1CCC[C@@H]1Cc1cccc2cccc(OC(=O)CCCC(=O)O)c12. The number of nitrogens with zero attached hydrogens (tertiary/aromatic N) is 1. The van der Waals surface area contributed by atoms with Crippen LogP contribution in [0.3, 0.4) is 0 Å². The zero-order chi connectivity index (χ0) is 18.5. The number of fused-ring (bicyclic) bond motifs is 1. The Labute approximate surface area is 153 Å². The molecule has 5 nitrogen and oxygen atoms in total. The lowest BCUT2D eigenvalue weighted by atomic mass is 9.97. The fourth-order valence-corrected chi connectivity index (χ4v) is 3.69. The van der Waals surface area contributed by atoms with Crippen molar-refractivity contribution in [1.29, 1.82) is 0 Å². The van der Waals surface area contributed by atoms with E-state index in [0.717, 1.165) is 23.7 Å². The zero-order valence-corrected chi connectivity index (χ0v) is 15.1. The molecule has 0 amide bonds. The first-order valence-corrected chi connectivity index (χ1v) is 9.18. The molecule has 0 bridgehead atoms. The van der Waals surface area contributed by atoms with Gasteiger partial charge in [0.25, 0.3) is 0 Å². The van der Waals surface area contributed by atoms with Crippen molar-refractivity contribution in [2.75, 3.05) is 13.6 Å². The Morgan fingerprint density at radius 3 is 2.65 bits per heavy atom. The van der Waals surface area contributed by atoms with Crippen LogP contribution in [0.4, 0.5) is 0 Å². The molecule has 26 heavy (non-hydrogen) atoms. The number of likely N-dealkylation sites (tertiary alicyclic amines) is 1. The minimum atomic E-state index is -0.897. The number of carbonyl (C=O) groups excluding carboxylic acids is 1. The van der Waals surface area contributed by atoms with E-state index in [2.05, 4.69) is 18.0 Å². The molecule has 138 valence electrons. The molecule has 1 fully saturated rings. The zero-order valence-electron chi connectivity index (χ0n) is 15.1. The van der Waals surface area contributed by atoms with Crippen molar-refractivity contribution in [2.45, 2.75) is 44.6 Å². The molecule has 0 radical (unpaired) electrons. The first kappa shape index (κ1) is 18.4. The molecule has 1 aliphatic heterocycles. The van der Waals surface area contributed by atoms with E-state index in [1.54, 1.807) is 0 Å². The van der Waals surface area contributed by atoms with Gasteiger partial charge in [-0.05, 0) is 56.3 Å². The Bertz CT molecular complexity index is 796. The van der Waals surface area contributed by atoms with Crippen molar-refractivity contribution in [3.63, 3.8) is 0 Å². The Hall–Kier alpha value is -2.40. The number of aliphatic carboxylic acids is 1. The van der Waals surface area contributed by atoms with E-state index in [-0.39, 0.29) is 18.8 Å². The highest BCUT2D eigenvalue weighted by Gasteiger charge is 2.22. The fraction of sp³-hybridized carbons (Fsp3) is 0.429. The third-order valence-electron chi connectivity index (χ3n) is 5.08. The molecule has 1 saturated heterocycles. The molecule has 2 aromatic carbocycles. The summed E-state index contributed by atoms with van der Waals surface area (Å²) in [5, 5.41) is 10.7. The second-order valence-corrected chi connectivity index (χ2v) is 6.97. The van der Waals surface area contributed by atoms with E-state index in [1.807, 2.05) is 30.3 Å². The molecule has 0 saturated carbocycles. The molecule has 1 atom stereocenters. The summed E-state index contributed by atoms with van der Waals surface area (Å²) in [4.78, 5) is 25.1. The van der Waals surface area contributed by atoms with Gasteiger partial charge in [-0.25, -0.2) is 0 Å². The summed E-state index contributed by atoms with van der Waals surface area (Å²) in [6.45, 7) is 1.13. The molecule has 1 N–H and O–H groups in total. The van der Waals surface area contributed by atoms with Crippen LogP contribution in [0.1, 0.15) is 37.7 Å². The van der Waals surface area contributed by atoms with Crippen molar-refractivity contribution in [1.82, 2.24) is 4.90 Å². The second kappa shape index (κ2) is 8.32. The average molecular weight is 355 g/mol. The van der Waals surface area contributed by atoms with Crippen LogP contribution in [0.15, 0.2) is 36.4 Å². The topological polar surface area (TPSA) is 66.8 Å². The lowest BCUT2D eigenvalue weighted by molar-refractivity contribution is -0.137. The maximum Gasteiger partial charge on any atom is 0.311 e. The van der Waals surface area contributed by atoms with Crippen LogP contribution in [0.2, 0.25) is 0 Å². The quantitative estimate of drug-likeness (QED) is 0.607. The van der Waals surface area contributed by atoms with Gasteiger partial charge in [0.2, 0.25) is 0 Å². The lowest BCUT2D eigenvalue weighted by Gasteiger charge is -2.21. The van der Waals surface area contributed by atoms with Crippen molar-refractivity contribution in [3.05, 3.63) is 42.0 Å². The number of rotatable bonds is 7. The van der Waals surface area contributed by atoms with Gasteiger partial charge in [0, 0.05) is 24.3 Å². The van der Waals surface area contributed by atoms with Crippen LogP contribution in [-0.4, -0.2) is 41.6 Å². The Morgan fingerprint density at radius 1 is 1.19 bits per heavy atom. The fourth-order valence-electron chi connectivity index (χ4n) is 3.69. The smallest absolute Gasteiger partial charge is 0.311 e. The van der Waals surface area contributed by atoms with Gasteiger partial charge in [-0.3, -0.25) is 9.59 Å². The van der Waals surface area contributed by atoms with Gasteiger partial charge in [-0.15, -0.1) is 0 Å². The number of benzene rings is 2. The van der Waals surface area contributed by atoms with Crippen molar-refractivity contribution < 1.29 is 19.4 Å². The molecule has 0 aliphatic carbocycles. The number of carbonyl (C=O) groups is 2. The maximum absolute atomic E-state index is 12.1. The number of hydrogen-bond acceptors (Lipinski definition) is 4. The predicted octanol–water partition coefficient (Wildman–Crippen LogP) is 3.64. The van der Waals surface area contributed by atoms with E-state index in [1.165, 1.54) is 18.4 Å². The molecule has 2 aromatic rings. The number of likely N-dealkylation sites (N-methyl/N-ethyl adjacent to an activating group) is 1. The van der Waals surface area contributed by atoms with Crippen molar-refractivity contribution >= 4 is 22.7 Å². The van der Waals surface area contributed by atoms with Gasteiger partial charge >= 0.3 is 11.9 Å². The summed E-state index contributed by atoms with van der Waals surface area (Å²) in [5.74, 6) is -0.712. The summed E-state index contributed by atoms with van der Waals surface area (Å²) >= 11 is 0. The monoisotopic (exact) mass is 355 g/mol. The summed E-state index contributed by atoms with van der Waals surface area (Å²) < 4.78 is 5.60. The highest BCUT2D eigenvalue weighted by Crippen LogP contribution is 2.32. The molecule has 0 spiro atoms. The highest BCUT2D eigenvalue weighted by atomic mass is 16.5. The van der Waals surface area contributed by atoms with Gasteiger partial charge in [-0.2, -0.15) is 0 Å². The standard InChI is InChI=1S/C21H25NO4/c1-22-13-5-9-17(22)14-16-8-2-6-15-7-3-10-18(21(15)16)26-20(25)12-4-11-19(23)24/h2-3,6-8,10,17H,4-5,9,11-14H2,1H3,(H,23,24)/t17-/m1/s1. The van der Waals surface area contributed by atoms with Crippen LogP contribution in [0.25, 0.3) is 10.8 Å². The third-order valence-corrected chi connectivity index (χ3v) is 5.08. The van der Waals surface area contributed by atoms with Crippen LogP contribution in [0, 0.1) is 0 Å². The minimum absolute atomic E-state index is 0.0239. The van der Waals surface area contributed by atoms with Crippen LogP contribution in [-0.2, 0) is 16.0 Å². The number of ether oxygens (including phenoxy) is 1. The molecular weight excluding hydrogens is 330 g/mol. The largest absolute Gasteiger partial charge is 0.481 e. The second-order valence-electron chi connectivity index (χ2n) is 6.97. The van der Waals surface area contributed by atoms with E-state index in [4.69, 9.17) is 9.84 Å². The summed E-state index contributed by atoms with van der Waals surface area (Å²) in [5.41, 5.74) is 1.19. The number of esters is 1. The minimum Gasteiger partial charge on any atom is -0.481 e. The number of hydrogen-bond donors (Lipinski definition) is 1. The first-order chi connectivity index (χ1) is 12.5. The summed E-state index contributed by atoms with van der Waals surface area (Å²) in [6.07, 6.45) is 3.71. The Balaban J connectivity index is 1.81. The van der Waals surface area contributed by atoms with E-state index in [0.29, 0.717) is 18.2 Å². The maximum atomic E-state index is 12.1. The predicted molar refractivity (Wildman–Crippen MR) is 100 cm³/mol. The van der Waals surface area contributed by atoms with E-state index in [9.17, 15) is 9.59 Å². The Kier molecular flexibility index (Phi) is 5.89. The van der Waals surface area contributed by atoms with Gasteiger partial charge < -0.3 is 14.7 Å². The molecular formula is C21H25NO4. The van der Waals surface area contributed by atoms with Crippen LogP contribution >= 0.6 is 0 Å². The van der Waals surface area contributed by atoms with Gasteiger partial charge in [0.1, 0.15) is 5.75 Å². The van der Waals surface area contributed by atoms with Crippen LogP contribution < -0.4 is 4.74 Å². The third kappa shape index (κ3) is 4.41. The normalized spacial score (nSPS) is 17.5. The molecule has 5 heteroatoms. The number of carboxylic acid groups (broad SMARTS) is 1. The molecule has 0 unspecified atom stereocenters. The number of carboxylic acids is 1. The summed E-state index contributed by atoms with van der Waals surface area (Å²) in [7, 11) is 2.16.